The molecule has 1 aromatic carbocycles. The molecule has 0 fully saturated rings. The van der Waals surface area contributed by atoms with Gasteiger partial charge in [0.25, 0.3) is 0 Å². The van der Waals surface area contributed by atoms with Crippen molar-refractivity contribution < 1.29 is 14.6 Å². The van der Waals surface area contributed by atoms with Crippen LogP contribution in [0.25, 0.3) is 10.9 Å². The lowest BCUT2D eigenvalue weighted by molar-refractivity contribution is 0.0516. The minimum Gasteiger partial charge on any atom is -0.505 e. The molecule has 0 bridgehead atoms. The number of nitriles is 1. The van der Waals surface area contributed by atoms with Crippen molar-refractivity contribution in [2.45, 2.75) is 19.9 Å². The standard InChI is InChI=1S/C19H16ClN3O3/c1-3-26-19(25)16-18(24)15-13(20)10-23(17(15)14(9-21)22-16)11(2)12-7-5-4-6-8-12/h4-8,10-11,24H,3H2,1-2H3. The number of fused-ring (bicyclic) bond motifs is 1. The van der Waals surface area contributed by atoms with Gasteiger partial charge in [-0.25, -0.2) is 9.78 Å². The predicted octanol–water partition coefficient (Wildman–Crippen LogP) is 4.05. The summed E-state index contributed by atoms with van der Waals surface area (Å²) in [5, 5.41) is 20.5. The summed E-state index contributed by atoms with van der Waals surface area (Å²) in [6.07, 6.45) is 1.63. The minimum atomic E-state index is -0.802. The third kappa shape index (κ3) is 2.87. The quantitative estimate of drug-likeness (QED) is 0.701. The van der Waals surface area contributed by atoms with Gasteiger partial charge < -0.3 is 14.4 Å². The zero-order chi connectivity index (χ0) is 18.8. The fraction of sp³-hybridized carbons (Fsp3) is 0.211. The van der Waals surface area contributed by atoms with Gasteiger partial charge in [-0.15, -0.1) is 0 Å². The van der Waals surface area contributed by atoms with Crippen molar-refractivity contribution in [3.05, 3.63) is 58.5 Å². The third-order valence-electron chi connectivity index (χ3n) is 4.17. The Morgan fingerprint density at radius 2 is 2.12 bits per heavy atom. The summed E-state index contributed by atoms with van der Waals surface area (Å²) in [5.41, 5.74) is 1.05. The van der Waals surface area contributed by atoms with Crippen LogP contribution in [0.1, 0.15) is 41.6 Å². The number of ether oxygens (including phenoxy) is 1. The van der Waals surface area contributed by atoms with Crippen LogP contribution in [0.15, 0.2) is 36.5 Å². The molecule has 2 heterocycles. The Morgan fingerprint density at radius 1 is 1.42 bits per heavy atom. The average molecular weight is 370 g/mol. The molecule has 7 heteroatoms. The molecule has 0 aliphatic heterocycles. The molecule has 3 aromatic rings. The number of carbonyl (C=O) groups excluding carboxylic acids is 1. The zero-order valence-corrected chi connectivity index (χ0v) is 15.0. The van der Waals surface area contributed by atoms with Crippen LogP contribution in [0, 0.1) is 11.3 Å². The lowest BCUT2D eigenvalue weighted by Gasteiger charge is -2.16. The minimum absolute atomic E-state index is 0.00414. The van der Waals surface area contributed by atoms with Crippen molar-refractivity contribution >= 4 is 28.5 Å². The number of rotatable bonds is 4. The summed E-state index contributed by atoms with van der Waals surface area (Å²) in [6, 6.07) is 11.5. The number of halogens is 1. The number of esters is 1. The molecular formula is C19H16ClN3O3. The number of pyridine rings is 1. The number of nitrogens with zero attached hydrogens (tertiary/aromatic N) is 3. The fourth-order valence-electron chi connectivity index (χ4n) is 2.91. The second-order valence-corrected chi connectivity index (χ2v) is 6.09. The van der Waals surface area contributed by atoms with E-state index in [2.05, 4.69) is 4.98 Å². The van der Waals surface area contributed by atoms with Crippen LogP contribution in [0.4, 0.5) is 0 Å². The molecule has 3 rings (SSSR count). The Labute approximate surface area is 155 Å². The maximum absolute atomic E-state index is 12.0. The van der Waals surface area contributed by atoms with E-state index in [0.717, 1.165) is 5.56 Å². The van der Waals surface area contributed by atoms with Crippen LogP contribution < -0.4 is 0 Å². The molecular weight excluding hydrogens is 354 g/mol. The van der Waals surface area contributed by atoms with Gasteiger partial charge >= 0.3 is 5.97 Å². The number of aromatic nitrogens is 2. The molecule has 1 atom stereocenters. The fourth-order valence-corrected chi connectivity index (χ4v) is 3.20. The topological polar surface area (TPSA) is 88.1 Å². The first kappa shape index (κ1) is 17.8. The maximum Gasteiger partial charge on any atom is 0.360 e. The summed E-state index contributed by atoms with van der Waals surface area (Å²) in [7, 11) is 0. The zero-order valence-electron chi connectivity index (χ0n) is 14.2. The predicted molar refractivity (Wildman–Crippen MR) is 97.3 cm³/mol. The number of carbonyl (C=O) groups is 1. The molecule has 0 radical (unpaired) electrons. The Kier molecular flexibility index (Phi) is 4.83. The van der Waals surface area contributed by atoms with E-state index in [9.17, 15) is 15.2 Å². The van der Waals surface area contributed by atoms with E-state index >= 15 is 0 Å². The SMILES string of the molecule is CCOC(=O)c1nc(C#N)c2c(c(Cl)cn2C(C)c2ccccc2)c1O. The molecule has 0 saturated heterocycles. The number of aromatic hydroxyl groups is 1. The van der Waals surface area contributed by atoms with Crippen LogP contribution >= 0.6 is 11.6 Å². The van der Waals surface area contributed by atoms with Gasteiger partial charge in [-0.05, 0) is 19.4 Å². The van der Waals surface area contributed by atoms with Crippen molar-refractivity contribution in [1.82, 2.24) is 9.55 Å². The van der Waals surface area contributed by atoms with Crippen LogP contribution in [0.3, 0.4) is 0 Å². The Hall–Kier alpha value is -3.04. The summed E-state index contributed by atoms with van der Waals surface area (Å²) >= 11 is 6.33. The summed E-state index contributed by atoms with van der Waals surface area (Å²) < 4.78 is 6.67. The maximum atomic E-state index is 12.0. The highest BCUT2D eigenvalue weighted by molar-refractivity contribution is 6.36. The normalized spacial score (nSPS) is 11.9. The summed E-state index contributed by atoms with van der Waals surface area (Å²) in [5.74, 6) is -1.19. The van der Waals surface area contributed by atoms with Gasteiger partial charge in [-0.2, -0.15) is 5.26 Å². The van der Waals surface area contributed by atoms with Gasteiger partial charge in [-0.3, -0.25) is 0 Å². The van der Waals surface area contributed by atoms with Crippen LogP contribution in [0.2, 0.25) is 5.02 Å². The van der Waals surface area contributed by atoms with E-state index in [1.165, 1.54) is 0 Å². The van der Waals surface area contributed by atoms with Crippen LogP contribution in [0.5, 0.6) is 5.75 Å². The highest BCUT2D eigenvalue weighted by Crippen LogP contribution is 2.39. The monoisotopic (exact) mass is 369 g/mol. The smallest absolute Gasteiger partial charge is 0.360 e. The first-order valence-corrected chi connectivity index (χ1v) is 8.42. The molecule has 26 heavy (non-hydrogen) atoms. The molecule has 132 valence electrons. The molecule has 6 nitrogen and oxygen atoms in total. The second-order valence-electron chi connectivity index (χ2n) is 5.68. The lowest BCUT2D eigenvalue weighted by Crippen LogP contribution is -2.11. The van der Waals surface area contributed by atoms with Crippen molar-refractivity contribution in [3.63, 3.8) is 0 Å². The molecule has 1 unspecified atom stereocenters. The average Bonchev–Trinajstić information content (AvgIpc) is 3.00. The molecule has 0 saturated carbocycles. The van der Waals surface area contributed by atoms with Gasteiger partial charge in [0.2, 0.25) is 0 Å². The molecule has 2 aromatic heterocycles. The van der Waals surface area contributed by atoms with Gasteiger partial charge in [-0.1, -0.05) is 41.9 Å². The van der Waals surface area contributed by atoms with Gasteiger partial charge in [0, 0.05) is 6.20 Å². The molecule has 0 amide bonds. The Bertz CT molecular complexity index is 1020. The number of hydrogen-bond donors (Lipinski definition) is 1. The van der Waals surface area contributed by atoms with Crippen molar-refractivity contribution in [1.29, 1.82) is 5.26 Å². The third-order valence-corrected chi connectivity index (χ3v) is 4.46. The molecule has 0 spiro atoms. The van der Waals surface area contributed by atoms with Crippen LogP contribution in [-0.4, -0.2) is 27.2 Å². The van der Waals surface area contributed by atoms with E-state index in [0.29, 0.717) is 5.52 Å². The molecule has 0 aliphatic rings. The molecule has 1 N–H and O–H groups in total. The number of benzene rings is 1. The first-order chi connectivity index (χ1) is 12.5. The number of hydrogen-bond acceptors (Lipinski definition) is 5. The van der Waals surface area contributed by atoms with E-state index in [-0.39, 0.29) is 40.2 Å². The van der Waals surface area contributed by atoms with E-state index in [1.807, 2.05) is 43.3 Å². The lowest BCUT2D eigenvalue weighted by atomic mass is 10.1. The largest absolute Gasteiger partial charge is 0.505 e. The molecule has 0 aliphatic carbocycles. The Balaban J connectivity index is 2.27. The van der Waals surface area contributed by atoms with E-state index < -0.39 is 5.97 Å². The van der Waals surface area contributed by atoms with Gasteiger partial charge in [0.05, 0.1) is 28.6 Å². The van der Waals surface area contributed by atoms with Crippen molar-refractivity contribution in [3.8, 4) is 11.8 Å². The van der Waals surface area contributed by atoms with Gasteiger partial charge in [0.15, 0.2) is 17.1 Å². The van der Waals surface area contributed by atoms with Crippen molar-refractivity contribution in [2.24, 2.45) is 0 Å². The van der Waals surface area contributed by atoms with E-state index in [1.54, 1.807) is 17.7 Å². The second kappa shape index (κ2) is 7.06. The van der Waals surface area contributed by atoms with Crippen LogP contribution in [-0.2, 0) is 4.74 Å². The van der Waals surface area contributed by atoms with Gasteiger partial charge in [0.1, 0.15) is 6.07 Å². The first-order valence-electron chi connectivity index (χ1n) is 8.04. The highest BCUT2D eigenvalue weighted by atomic mass is 35.5. The summed E-state index contributed by atoms with van der Waals surface area (Å²) in [4.78, 5) is 16.1. The van der Waals surface area contributed by atoms with Crippen molar-refractivity contribution in [2.75, 3.05) is 6.61 Å². The Morgan fingerprint density at radius 3 is 2.73 bits per heavy atom. The van der Waals surface area contributed by atoms with E-state index in [4.69, 9.17) is 16.3 Å². The summed E-state index contributed by atoms with van der Waals surface area (Å²) in [6.45, 7) is 3.71. The highest BCUT2D eigenvalue weighted by Gasteiger charge is 2.26.